The lowest BCUT2D eigenvalue weighted by atomic mass is 9.95. The fraction of sp³-hybridized carbons (Fsp3) is 0.533. The molecule has 2 N–H and O–H groups in total. The molecule has 1 atom stereocenters. The Morgan fingerprint density at radius 2 is 2.26 bits per heavy atom. The second-order valence-electron chi connectivity index (χ2n) is 5.75. The van der Waals surface area contributed by atoms with Crippen molar-refractivity contribution in [2.75, 3.05) is 18.0 Å². The predicted molar refractivity (Wildman–Crippen MR) is 78.2 cm³/mol. The van der Waals surface area contributed by atoms with Crippen LogP contribution >= 0.6 is 0 Å². The molecular weight excluding hydrogens is 236 g/mol. The highest BCUT2D eigenvalue weighted by Gasteiger charge is 2.28. The quantitative estimate of drug-likeness (QED) is 0.918. The lowest BCUT2D eigenvalue weighted by Gasteiger charge is -2.18. The van der Waals surface area contributed by atoms with Gasteiger partial charge in [-0.05, 0) is 30.4 Å². The standard InChI is InChI=1S/C15H22N4/c1-11(2)12-6-8-18(10-12)15-13(9-16)19-7-4-3-5-14(19)17-15/h3-5,7,11-12H,6,8-10,16H2,1-2H3. The van der Waals surface area contributed by atoms with Crippen LogP contribution in [0.1, 0.15) is 26.0 Å². The molecule has 0 saturated carbocycles. The van der Waals surface area contributed by atoms with E-state index in [1.165, 1.54) is 6.42 Å². The molecule has 1 unspecified atom stereocenters. The topological polar surface area (TPSA) is 46.6 Å². The van der Waals surface area contributed by atoms with Gasteiger partial charge in [0, 0.05) is 25.8 Å². The third-order valence-corrected chi connectivity index (χ3v) is 4.27. The average molecular weight is 258 g/mol. The molecular formula is C15H22N4. The number of nitrogens with zero attached hydrogens (tertiary/aromatic N) is 3. The number of fused-ring (bicyclic) bond motifs is 1. The highest BCUT2D eigenvalue weighted by molar-refractivity contribution is 5.56. The van der Waals surface area contributed by atoms with Crippen LogP contribution < -0.4 is 10.6 Å². The molecule has 0 aromatic carbocycles. The summed E-state index contributed by atoms with van der Waals surface area (Å²) >= 11 is 0. The van der Waals surface area contributed by atoms with Crippen molar-refractivity contribution in [2.24, 2.45) is 17.6 Å². The summed E-state index contributed by atoms with van der Waals surface area (Å²) in [5.74, 6) is 2.59. The largest absolute Gasteiger partial charge is 0.355 e. The number of anilines is 1. The minimum Gasteiger partial charge on any atom is -0.355 e. The molecule has 1 saturated heterocycles. The third-order valence-electron chi connectivity index (χ3n) is 4.27. The molecule has 0 amide bonds. The molecule has 3 rings (SSSR count). The smallest absolute Gasteiger partial charge is 0.152 e. The lowest BCUT2D eigenvalue weighted by Crippen LogP contribution is -2.23. The Morgan fingerprint density at radius 1 is 1.42 bits per heavy atom. The highest BCUT2D eigenvalue weighted by Crippen LogP contribution is 2.30. The van der Waals surface area contributed by atoms with Gasteiger partial charge in [-0.15, -0.1) is 0 Å². The van der Waals surface area contributed by atoms with Crippen LogP contribution in [0, 0.1) is 11.8 Å². The van der Waals surface area contributed by atoms with Gasteiger partial charge in [0.1, 0.15) is 5.65 Å². The van der Waals surface area contributed by atoms with Crippen molar-refractivity contribution >= 4 is 11.5 Å². The van der Waals surface area contributed by atoms with Gasteiger partial charge in [-0.25, -0.2) is 4.98 Å². The first-order valence-corrected chi connectivity index (χ1v) is 7.11. The number of nitrogens with two attached hydrogens (primary N) is 1. The first-order chi connectivity index (χ1) is 9.20. The maximum Gasteiger partial charge on any atom is 0.152 e. The molecule has 3 heterocycles. The van der Waals surface area contributed by atoms with Crippen molar-refractivity contribution in [1.29, 1.82) is 0 Å². The molecule has 0 radical (unpaired) electrons. The Labute approximate surface area is 114 Å². The molecule has 1 aliphatic rings. The van der Waals surface area contributed by atoms with Crippen LogP contribution in [0.25, 0.3) is 5.65 Å². The Balaban J connectivity index is 1.97. The van der Waals surface area contributed by atoms with Gasteiger partial charge in [-0.1, -0.05) is 19.9 Å². The van der Waals surface area contributed by atoms with E-state index in [0.717, 1.165) is 42.1 Å². The number of imidazole rings is 1. The van der Waals surface area contributed by atoms with Crippen molar-refractivity contribution in [2.45, 2.75) is 26.8 Å². The summed E-state index contributed by atoms with van der Waals surface area (Å²) < 4.78 is 2.11. The summed E-state index contributed by atoms with van der Waals surface area (Å²) in [5.41, 5.74) is 8.05. The van der Waals surface area contributed by atoms with Gasteiger partial charge in [0.2, 0.25) is 0 Å². The maximum atomic E-state index is 5.94. The normalized spacial score (nSPS) is 19.8. The van der Waals surface area contributed by atoms with Gasteiger partial charge in [0.05, 0.1) is 5.69 Å². The minimum atomic E-state index is 0.531. The van der Waals surface area contributed by atoms with Crippen LogP contribution in [0.2, 0.25) is 0 Å². The zero-order valence-corrected chi connectivity index (χ0v) is 11.7. The molecule has 19 heavy (non-hydrogen) atoms. The molecule has 1 fully saturated rings. The van der Waals surface area contributed by atoms with Crippen molar-refractivity contribution in [3.8, 4) is 0 Å². The molecule has 2 aromatic heterocycles. The number of aromatic nitrogens is 2. The summed E-state index contributed by atoms with van der Waals surface area (Å²) in [5, 5.41) is 0. The Bertz CT molecular complexity index is 573. The zero-order chi connectivity index (χ0) is 13.4. The summed E-state index contributed by atoms with van der Waals surface area (Å²) in [6, 6.07) is 6.09. The minimum absolute atomic E-state index is 0.531. The fourth-order valence-corrected chi connectivity index (χ4v) is 3.00. The van der Waals surface area contributed by atoms with Crippen LogP contribution in [-0.4, -0.2) is 22.5 Å². The Hall–Kier alpha value is -1.55. The molecule has 0 bridgehead atoms. The average Bonchev–Trinajstić information content (AvgIpc) is 3.02. The van der Waals surface area contributed by atoms with Crippen LogP contribution in [-0.2, 0) is 6.54 Å². The first kappa shape index (κ1) is 12.5. The predicted octanol–water partition coefficient (Wildman–Crippen LogP) is 2.28. The SMILES string of the molecule is CC(C)C1CCN(c2nc3ccccn3c2CN)C1. The Kier molecular flexibility index (Phi) is 3.19. The van der Waals surface area contributed by atoms with Gasteiger partial charge in [-0.2, -0.15) is 0 Å². The van der Waals surface area contributed by atoms with Crippen LogP contribution in [0.5, 0.6) is 0 Å². The van der Waals surface area contributed by atoms with Crippen molar-refractivity contribution in [1.82, 2.24) is 9.38 Å². The van der Waals surface area contributed by atoms with E-state index in [0.29, 0.717) is 6.54 Å². The van der Waals surface area contributed by atoms with Gasteiger partial charge in [0.25, 0.3) is 0 Å². The molecule has 0 aliphatic carbocycles. The molecule has 4 nitrogen and oxygen atoms in total. The number of pyridine rings is 1. The number of rotatable bonds is 3. The second-order valence-corrected chi connectivity index (χ2v) is 5.75. The maximum absolute atomic E-state index is 5.94. The second kappa shape index (κ2) is 4.85. The summed E-state index contributed by atoms with van der Waals surface area (Å²) in [6.07, 6.45) is 3.31. The van der Waals surface area contributed by atoms with E-state index in [1.54, 1.807) is 0 Å². The molecule has 2 aromatic rings. The lowest BCUT2D eigenvalue weighted by molar-refractivity contribution is 0.422. The molecule has 102 valence electrons. The Morgan fingerprint density at radius 3 is 2.95 bits per heavy atom. The van der Waals surface area contributed by atoms with Crippen LogP contribution in [0.3, 0.4) is 0 Å². The molecule has 4 heteroatoms. The van der Waals surface area contributed by atoms with Crippen molar-refractivity contribution in [3.63, 3.8) is 0 Å². The van der Waals surface area contributed by atoms with Gasteiger partial charge in [0.15, 0.2) is 5.82 Å². The van der Waals surface area contributed by atoms with Gasteiger partial charge in [-0.3, -0.25) is 0 Å². The summed E-state index contributed by atoms with van der Waals surface area (Å²) in [7, 11) is 0. The van der Waals surface area contributed by atoms with E-state index < -0.39 is 0 Å². The van der Waals surface area contributed by atoms with E-state index in [1.807, 2.05) is 24.4 Å². The van der Waals surface area contributed by atoms with Crippen molar-refractivity contribution in [3.05, 3.63) is 30.1 Å². The van der Waals surface area contributed by atoms with E-state index in [2.05, 4.69) is 23.1 Å². The first-order valence-electron chi connectivity index (χ1n) is 7.11. The number of hydrogen-bond acceptors (Lipinski definition) is 3. The number of hydrogen-bond donors (Lipinski definition) is 1. The fourth-order valence-electron chi connectivity index (χ4n) is 3.00. The summed E-state index contributed by atoms with van der Waals surface area (Å²) in [6.45, 7) is 7.35. The van der Waals surface area contributed by atoms with Crippen molar-refractivity contribution < 1.29 is 0 Å². The summed E-state index contributed by atoms with van der Waals surface area (Å²) in [4.78, 5) is 7.17. The van der Waals surface area contributed by atoms with Crippen LogP contribution in [0.4, 0.5) is 5.82 Å². The zero-order valence-electron chi connectivity index (χ0n) is 11.7. The van der Waals surface area contributed by atoms with E-state index in [9.17, 15) is 0 Å². The highest BCUT2D eigenvalue weighted by atomic mass is 15.2. The molecule has 0 spiro atoms. The molecule has 1 aliphatic heterocycles. The van der Waals surface area contributed by atoms with Gasteiger partial charge < -0.3 is 15.0 Å². The van der Waals surface area contributed by atoms with E-state index >= 15 is 0 Å². The van der Waals surface area contributed by atoms with E-state index in [-0.39, 0.29) is 0 Å². The monoisotopic (exact) mass is 258 g/mol. The van der Waals surface area contributed by atoms with Gasteiger partial charge >= 0.3 is 0 Å². The third kappa shape index (κ3) is 2.10. The van der Waals surface area contributed by atoms with E-state index in [4.69, 9.17) is 10.7 Å². The van der Waals surface area contributed by atoms with Crippen LogP contribution in [0.15, 0.2) is 24.4 Å².